The Bertz CT molecular complexity index is 503. The number of aliphatic hydroxyl groups excluding tert-OH is 1. The third-order valence-corrected chi connectivity index (χ3v) is 2.90. The quantitative estimate of drug-likeness (QED) is 0.745. The number of nitrogens with zero attached hydrogens (tertiary/aromatic N) is 1. The summed E-state index contributed by atoms with van der Waals surface area (Å²) in [7, 11) is 1.92. The van der Waals surface area contributed by atoms with Crippen LogP contribution in [0.25, 0.3) is 0 Å². The van der Waals surface area contributed by atoms with Crippen LogP contribution in [0.4, 0.5) is 0 Å². The van der Waals surface area contributed by atoms with Crippen LogP contribution in [-0.2, 0) is 11.3 Å². The zero-order valence-corrected chi connectivity index (χ0v) is 12.9. The predicted octanol–water partition coefficient (Wildman–Crippen LogP) is 1.38. The average Bonchev–Trinajstić information content (AvgIpc) is 2.47. The molecule has 114 valence electrons. The van der Waals surface area contributed by atoms with E-state index >= 15 is 0 Å². The van der Waals surface area contributed by atoms with E-state index < -0.39 is 0 Å². The van der Waals surface area contributed by atoms with Crippen molar-refractivity contribution in [3.63, 3.8) is 0 Å². The number of nitrogens with one attached hydrogen (secondary N) is 1. The molecule has 0 saturated heterocycles. The number of hydrogen-bond acceptors (Lipinski definition) is 3. The van der Waals surface area contributed by atoms with Crippen molar-refractivity contribution in [3.8, 4) is 11.8 Å². The van der Waals surface area contributed by atoms with Gasteiger partial charge in [-0.25, -0.2) is 0 Å². The Morgan fingerprint density at radius 1 is 1.38 bits per heavy atom. The van der Waals surface area contributed by atoms with E-state index in [1.54, 1.807) is 0 Å². The molecule has 0 heterocycles. The Morgan fingerprint density at radius 3 is 2.86 bits per heavy atom. The van der Waals surface area contributed by atoms with Gasteiger partial charge in [-0.1, -0.05) is 37.0 Å². The molecular formula is C17H24N2O2. The molecule has 0 aliphatic heterocycles. The Morgan fingerprint density at radius 2 is 2.14 bits per heavy atom. The minimum atomic E-state index is 0.0446. The first-order valence-electron chi connectivity index (χ1n) is 7.30. The van der Waals surface area contributed by atoms with Gasteiger partial charge in [0, 0.05) is 25.1 Å². The molecule has 0 saturated carbocycles. The fourth-order valence-electron chi connectivity index (χ4n) is 1.91. The standard InChI is InChI=1S/C17H24N2O2/c1-3-11-18-17(21)14-19(2)13-16-10-5-4-8-15(16)9-6-7-12-20/h4-5,8,10,20H,3,7,11-14H2,1-2H3,(H,18,21). The lowest BCUT2D eigenvalue weighted by atomic mass is 10.1. The summed E-state index contributed by atoms with van der Waals surface area (Å²) in [5, 5.41) is 11.6. The number of aliphatic hydroxyl groups is 1. The Hall–Kier alpha value is -1.83. The van der Waals surface area contributed by atoms with Gasteiger partial charge in [0.1, 0.15) is 0 Å². The van der Waals surface area contributed by atoms with E-state index in [-0.39, 0.29) is 12.5 Å². The highest BCUT2D eigenvalue weighted by Gasteiger charge is 2.08. The van der Waals surface area contributed by atoms with Crippen molar-refractivity contribution < 1.29 is 9.90 Å². The lowest BCUT2D eigenvalue weighted by molar-refractivity contribution is -0.122. The maximum atomic E-state index is 11.7. The Balaban J connectivity index is 2.61. The van der Waals surface area contributed by atoms with Crippen LogP contribution in [0.1, 0.15) is 30.9 Å². The molecule has 0 bridgehead atoms. The minimum absolute atomic E-state index is 0.0446. The second-order valence-corrected chi connectivity index (χ2v) is 4.95. The van der Waals surface area contributed by atoms with Crippen LogP contribution in [-0.4, -0.2) is 42.7 Å². The van der Waals surface area contributed by atoms with Crippen LogP contribution in [0.2, 0.25) is 0 Å². The molecule has 21 heavy (non-hydrogen) atoms. The maximum Gasteiger partial charge on any atom is 0.234 e. The van der Waals surface area contributed by atoms with E-state index in [1.165, 1.54) is 0 Å². The normalized spacial score (nSPS) is 10.1. The smallest absolute Gasteiger partial charge is 0.234 e. The van der Waals surface area contributed by atoms with Crippen molar-refractivity contribution in [2.75, 3.05) is 26.7 Å². The van der Waals surface area contributed by atoms with Gasteiger partial charge in [-0.2, -0.15) is 0 Å². The lowest BCUT2D eigenvalue weighted by Gasteiger charge is -2.17. The van der Waals surface area contributed by atoms with Crippen molar-refractivity contribution in [2.45, 2.75) is 26.3 Å². The molecule has 1 aromatic rings. The lowest BCUT2D eigenvalue weighted by Crippen LogP contribution is -2.35. The summed E-state index contributed by atoms with van der Waals surface area (Å²) >= 11 is 0. The Kier molecular flexibility index (Phi) is 8.18. The molecule has 0 atom stereocenters. The summed E-state index contributed by atoms with van der Waals surface area (Å²) in [4.78, 5) is 13.7. The molecule has 4 nitrogen and oxygen atoms in total. The summed E-state index contributed by atoms with van der Waals surface area (Å²) in [5.41, 5.74) is 2.04. The molecular weight excluding hydrogens is 264 g/mol. The van der Waals surface area contributed by atoms with Gasteiger partial charge in [0.25, 0.3) is 0 Å². The molecule has 1 rings (SSSR count). The van der Waals surface area contributed by atoms with Gasteiger partial charge < -0.3 is 10.4 Å². The van der Waals surface area contributed by atoms with E-state index in [0.29, 0.717) is 19.5 Å². The number of benzene rings is 1. The largest absolute Gasteiger partial charge is 0.395 e. The highest BCUT2D eigenvalue weighted by molar-refractivity contribution is 5.77. The molecule has 0 aliphatic carbocycles. The molecule has 2 N–H and O–H groups in total. The van der Waals surface area contributed by atoms with E-state index in [9.17, 15) is 4.79 Å². The summed E-state index contributed by atoms with van der Waals surface area (Å²) in [6, 6.07) is 7.89. The molecule has 1 amide bonds. The van der Waals surface area contributed by atoms with Gasteiger partial charge in [0.05, 0.1) is 13.2 Å². The third kappa shape index (κ3) is 6.94. The molecule has 0 radical (unpaired) electrons. The van der Waals surface area contributed by atoms with Crippen molar-refractivity contribution in [2.24, 2.45) is 0 Å². The molecule has 0 spiro atoms. The fraction of sp³-hybridized carbons (Fsp3) is 0.471. The van der Waals surface area contributed by atoms with Gasteiger partial charge in [-0.15, -0.1) is 0 Å². The van der Waals surface area contributed by atoms with E-state index in [1.807, 2.05) is 43.1 Å². The van der Waals surface area contributed by atoms with Crippen LogP contribution < -0.4 is 5.32 Å². The highest BCUT2D eigenvalue weighted by atomic mass is 16.2. The zero-order valence-electron chi connectivity index (χ0n) is 12.9. The number of rotatable bonds is 7. The minimum Gasteiger partial charge on any atom is -0.395 e. The van der Waals surface area contributed by atoms with E-state index in [4.69, 9.17) is 5.11 Å². The number of amides is 1. The van der Waals surface area contributed by atoms with Gasteiger partial charge in [-0.05, 0) is 25.1 Å². The van der Waals surface area contributed by atoms with Gasteiger partial charge in [-0.3, -0.25) is 9.69 Å². The van der Waals surface area contributed by atoms with Crippen LogP contribution in [0, 0.1) is 11.8 Å². The van der Waals surface area contributed by atoms with Crippen molar-refractivity contribution >= 4 is 5.91 Å². The maximum absolute atomic E-state index is 11.7. The number of carbonyl (C=O) groups excluding carboxylic acids is 1. The van der Waals surface area contributed by atoms with Crippen LogP contribution in [0.3, 0.4) is 0 Å². The van der Waals surface area contributed by atoms with Gasteiger partial charge in [0.2, 0.25) is 5.91 Å². The molecule has 0 fully saturated rings. The average molecular weight is 288 g/mol. The molecule has 1 aromatic carbocycles. The summed E-state index contributed by atoms with van der Waals surface area (Å²) < 4.78 is 0. The second-order valence-electron chi connectivity index (χ2n) is 4.95. The molecule has 4 heteroatoms. The first-order valence-corrected chi connectivity index (χ1v) is 7.30. The van der Waals surface area contributed by atoms with Crippen molar-refractivity contribution in [3.05, 3.63) is 35.4 Å². The second kappa shape index (κ2) is 9.98. The highest BCUT2D eigenvalue weighted by Crippen LogP contribution is 2.09. The first-order chi connectivity index (χ1) is 10.2. The van der Waals surface area contributed by atoms with Crippen molar-refractivity contribution in [1.29, 1.82) is 0 Å². The summed E-state index contributed by atoms with van der Waals surface area (Å²) in [5.74, 6) is 6.05. The third-order valence-electron chi connectivity index (χ3n) is 2.90. The van der Waals surface area contributed by atoms with Crippen LogP contribution in [0.5, 0.6) is 0 Å². The molecule has 0 aromatic heterocycles. The molecule has 0 aliphatic rings. The SMILES string of the molecule is CCCNC(=O)CN(C)Cc1ccccc1C#CCCO. The predicted molar refractivity (Wildman–Crippen MR) is 84.7 cm³/mol. The number of hydrogen-bond donors (Lipinski definition) is 2. The van der Waals surface area contributed by atoms with Crippen LogP contribution in [0.15, 0.2) is 24.3 Å². The topological polar surface area (TPSA) is 52.6 Å². The van der Waals surface area contributed by atoms with E-state index in [0.717, 1.165) is 24.1 Å². The fourth-order valence-corrected chi connectivity index (χ4v) is 1.91. The van der Waals surface area contributed by atoms with Crippen molar-refractivity contribution in [1.82, 2.24) is 10.2 Å². The zero-order chi connectivity index (χ0) is 15.5. The van der Waals surface area contributed by atoms with E-state index in [2.05, 4.69) is 17.2 Å². The number of likely N-dealkylation sites (N-methyl/N-ethyl adjacent to an activating group) is 1. The molecule has 0 unspecified atom stereocenters. The Labute approximate surface area is 127 Å². The number of carbonyl (C=O) groups is 1. The van der Waals surface area contributed by atoms with Crippen LogP contribution >= 0.6 is 0 Å². The summed E-state index contributed by atoms with van der Waals surface area (Å²) in [6.45, 7) is 3.87. The van der Waals surface area contributed by atoms with Gasteiger partial charge in [0.15, 0.2) is 0 Å². The monoisotopic (exact) mass is 288 g/mol. The summed E-state index contributed by atoms with van der Waals surface area (Å²) in [6.07, 6.45) is 1.42. The first kappa shape index (κ1) is 17.2. The van der Waals surface area contributed by atoms with Gasteiger partial charge >= 0.3 is 0 Å².